The molecule has 0 bridgehead atoms. The summed E-state index contributed by atoms with van der Waals surface area (Å²) in [5.74, 6) is 1.02. The summed E-state index contributed by atoms with van der Waals surface area (Å²) in [6.07, 6.45) is 1.09. The first-order chi connectivity index (χ1) is 6.76. The van der Waals surface area contributed by atoms with E-state index in [1.54, 1.807) is 12.1 Å². The van der Waals surface area contributed by atoms with Gasteiger partial charge in [0.1, 0.15) is 0 Å². The number of hydrogen-bond acceptors (Lipinski definition) is 2. The molecule has 1 fully saturated rings. The fourth-order valence-corrected chi connectivity index (χ4v) is 1.83. The molecule has 1 aromatic carbocycles. The zero-order valence-corrected chi connectivity index (χ0v) is 8.16. The molecule has 2 nitrogen and oxygen atoms in total. The molecule has 1 saturated carbocycles. The molecule has 0 spiro atoms. The molecule has 2 atom stereocenters. The molecule has 1 aliphatic carbocycles. The lowest BCUT2D eigenvalue weighted by molar-refractivity contribution is 0.386. The van der Waals surface area contributed by atoms with Crippen LogP contribution < -0.4 is 10.5 Å². The van der Waals surface area contributed by atoms with Gasteiger partial charge in [0, 0.05) is 0 Å². The van der Waals surface area contributed by atoms with Crippen molar-refractivity contribution in [3.63, 3.8) is 0 Å². The SMILES string of the molecule is COc1ccc(C2CC2CN)cc1F. The number of halogens is 1. The Kier molecular flexibility index (Phi) is 2.42. The minimum Gasteiger partial charge on any atom is -0.494 e. The molecule has 2 rings (SSSR count). The van der Waals surface area contributed by atoms with Crippen molar-refractivity contribution in [3.05, 3.63) is 29.6 Å². The van der Waals surface area contributed by atoms with Crippen molar-refractivity contribution in [1.29, 1.82) is 0 Å². The van der Waals surface area contributed by atoms with Crippen LogP contribution in [0.3, 0.4) is 0 Å². The average Bonchev–Trinajstić information content (AvgIpc) is 2.96. The van der Waals surface area contributed by atoms with Gasteiger partial charge in [0.2, 0.25) is 0 Å². The van der Waals surface area contributed by atoms with Gasteiger partial charge in [-0.3, -0.25) is 0 Å². The van der Waals surface area contributed by atoms with Crippen LogP contribution in [0.4, 0.5) is 4.39 Å². The van der Waals surface area contributed by atoms with Crippen molar-refractivity contribution in [2.45, 2.75) is 12.3 Å². The Morgan fingerprint density at radius 3 is 2.86 bits per heavy atom. The van der Waals surface area contributed by atoms with E-state index in [2.05, 4.69) is 0 Å². The first-order valence-electron chi connectivity index (χ1n) is 4.79. The van der Waals surface area contributed by atoms with Gasteiger partial charge < -0.3 is 10.5 Å². The van der Waals surface area contributed by atoms with E-state index in [4.69, 9.17) is 10.5 Å². The molecule has 14 heavy (non-hydrogen) atoms. The molecule has 3 heteroatoms. The molecule has 2 unspecified atom stereocenters. The van der Waals surface area contributed by atoms with Crippen molar-refractivity contribution in [1.82, 2.24) is 0 Å². The summed E-state index contributed by atoms with van der Waals surface area (Å²) in [6.45, 7) is 0.693. The van der Waals surface area contributed by atoms with Gasteiger partial charge in [0.25, 0.3) is 0 Å². The van der Waals surface area contributed by atoms with Crippen LogP contribution in [0.15, 0.2) is 18.2 Å². The van der Waals surface area contributed by atoms with Crippen LogP contribution >= 0.6 is 0 Å². The third-order valence-corrected chi connectivity index (χ3v) is 2.83. The third-order valence-electron chi connectivity index (χ3n) is 2.83. The summed E-state index contributed by atoms with van der Waals surface area (Å²) in [5.41, 5.74) is 6.58. The van der Waals surface area contributed by atoms with Gasteiger partial charge in [-0.15, -0.1) is 0 Å². The molecule has 0 amide bonds. The second-order valence-electron chi connectivity index (χ2n) is 3.73. The fraction of sp³-hybridized carbons (Fsp3) is 0.455. The Labute approximate surface area is 82.9 Å². The molecule has 0 saturated heterocycles. The summed E-state index contributed by atoms with van der Waals surface area (Å²) in [6, 6.07) is 5.15. The molecule has 0 radical (unpaired) electrons. The largest absolute Gasteiger partial charge is 0.494 e. The van der Waals surface area contributed by atoms with Gasteiger partial charge in [0.15, 0.2) is 11.6 Å². The summed E-state index contributed by atoms with van der Waals surface area (Å²) in [4.78, 5) is 0. The normalized spacial score (nSPS) is 24.8. The van der Waals surface area contributed by atoms with E-state index in [-0.39, 0.29) is 5.82 Å². The average molecular weight is 195 g/mol. The van der Waals surface area contributed by atoms with Crippen LogP contribution in [-0.4, -0.2) is 13.7 Å². The van der Waals surface area contributed by atoms with E-state index in [1.807, 2.05) is 6.07 Å². The molecule has 0 aromatic heterocycles. The van der Waals surface area contributed by atoms with E-state index in [0.29, 0.717) is 24.1 Å². The van der Waals surface area contributed by atoms with Crippen LogP contribution in [0.1, 0.15) is 17.9 Å². The van der Waals surface area contributed by atoms with Crippen molar-refractivity contribution < 1.29 is 9.13 Å². The van der Waals surface area contributed by atoms with E-state index in [0.717, 1.165) is 12.0 Å². The van der Waals surface area contributed by atoms with Gasteiger partial charge in [-0.2, -0.15) is 0 Å². The Bertz CT molecular complexity index is 340. The van der Waals surface area contributed by atoms with Gasteiger partial charge in [-0.25, -0.2) is 4.39 Å². The maximum Gasteiger partial charge on any atom is 0.165 e. The molecule has 76 valence electrons. The number of rotatable bonds is 3. The first-order valence-corrected chi connectivity index (χ1v) is 4.79. The maximum absolute atomic E-state index is 13.3. The Morgan fingerprint density at radius 2 is 2.36 bits per heavy atom. The Balaban J connectivity index is 2.17. The standard InChI is InChI=1S/C11H14FNO/c1-14-11-3-2-7(5-10(11)12)9-4-8(9)6-13/h2-3,5,8-9H,4,6,13H2,1H3. The molecule has 1 aromatic rings. The lowest BCUT2D eigenvalue weighted by Crippen LogP contribution is -2.02. The summed E-state index contributed by atoms with van der Waals surface area (Å²) in [7, 11) is 1.47. The molecular weight excluding hydrogens is 181 g/mol. The highest BCUT2D eigenvalue weighted by Gasteiger charge is 2.37. The third kappa shape index (κ3) is 1.60. The van der Waals surface area contributed by atoms with Gasteiger partial charge in [-0.05, 0) is 42.5 Å². The van der Waals surface area contributed by atoms with Crippen molar-refractivity contribution in [3.8, 4) is 5.75 Å². The number of nitrogens with two attached hydrogens (primary N) is 1. The quantitative estimate of drug-likeness (QED) is 0.799. The van der Waals surface area contributed by atoms with Crippen LogP contribution in [-0.2, 0) is 0 Å². The summed E-state index contributed by atoms with van der Waals surface area (Å²) in [5, 5.41) is 0. The number of benzene rings is 1. The number of hydrogen-bond donors (Lipinski definition) is 1. The molecule has 2 N–H and O–H groups in total. The monoisotopic (exact) mass is 195 g/mol. The molecule has 0 aliphatic heterocycles. The molecular formula is C11H14FNO. The fourth-order valence-electron chi connectivity index (χ4n) is 1.83. The van der Waals surface area contributed by atoms with Gasteiger partial charge in [0.05, 0.1) is 7.11 Å². The van der Waals surface area contributed by atoms with Gasteiger partial charge >= 0.3 is 0 Å². The molecule has 0 heterocycles. The minimum atomic E-state index is -0.285. The first kappa shape index (κ1) is 9.46. The Hall–Kier alpha value is -1.09. The lowest BCUT2D eigenvalue weighted by atomic mass is 10.1. The number of ether oxygens (including phenoxy) is 1. The van der Waals surface area contributed by atoms with E-state index in [9.17, 15) is 4.39 Å². The van der Waals surface area contributed by atoms with E-state index in [1.165, 1.54) is 7.11 Å². The van der Waals surface area contributed by atoms with Crippen molar-refractivity contribution in [2.75, 3.05) is 13.7 Å². The van der Waals surface area contributed by atoms with Crippen LogP contribution in [0, 0.1) is 11.7 Å². The topological polar surface area (TPSA) is 35.2 Å². The Morgan fingerprint density at radius 1 is 1.57 bits per heavy atom. The summed E-state index contributed by atoms with van der Waals surface area (Å²) < 4.78 is 18.2. The van der Waals surface area contributed by atoms with E-state index < -0.39 is 0 Å². The highest BCUT2D eigenvalue weighted by molar-refractivity contribution is 5.34. The second kappa shape index (κ2) is 3.58. The smallest absolute Gasteiger partial charge is 0.165 e. The van der Waals surface area contributed by atoms with Crippen LogP contribution in [0.2, 0.25) is 0 Å². The zero-order valence-electron chi connectivity index (χ0n) is 8.16. The highest BCUT2D eigenvalue weighted by atomic mass is 19.1. The van der Waals surface area contributed by atoms with Crippen LogP contribution in [0.25, 0.3) is 0 Å². The highest BCUT2D eigenvalue weighted by Crippen LogP contribution is 2.47. The number of methoxy groups -OCH3 is 1. The van der Waals surface area contributed by atoms with Crippen LogP contribution in [0.5, 0.6) is 5.75 Å². The predicted molar refractivity (Wildman–Crippen MR) is 52.9 cm³/mol. The van der Waals surface area contributed by atoms with Crippen molar-refractivity contribution in [2.24, 2.45) is 11.7 Å². The predicted octanol–water partition coefficient (Wildman–Crippen LogP) is 1.90. The minimum absolute atomic E-state index is 0.285. The molecule has 1 aliphatic rings. The maximum atomic E-state index is 13.3. The second-order valence-corrected chi connectivity index (χ2v) is 3.73. The lowest BCUT2D eigenvalue weighted by Gasteiger charge is -2.04. The van der Waals surface area contributed by atoms with Crippen molar-refractivity contribution >= 4 is 0 Å². The van der Waals surface area contributed by atoms with Gasteiger partial charge in [-0.1, -0.05) is 6.07 Å². The summed E-state index contributed by atoms with van der Waals surface area (Å²) >= 11 is 0. The van der Waals surface area contributed by atoms with E-state index >= 15 is 0 Å². The zero-order chi connectivity index (χ0) is 10.1.